The number of hydrogen-bond acceptors (Lipinski definition) is 0. The Hall–Kier alpha value is 0.880. The van der Waals surface area contributed by atoms with Crippen molar-refractivity contribution in [2.24, 2.45) is 0 Å². The summed E-state index contributed by atoms with van der Waals surface area (Å²) in [5.41, 5.74) is 0. The van der Waals surface area contributed by atoms with E-state index in [1.807, 2.05) is 0 Å². The third-order valence-electron chi connectivity index (χ3n) is 0. The molecule has 6 heteroatoms. The summed E-state index contributed by atoms with van der Waals surface area (Å²) in [5.74, 6) is 0. The summed E-state index contributed by atoms with van der Waals surface area (Å²) < 4.78 is 0. The number of rotatable bonds is 0. The SMILES string of the molecule is O.[Co+2].[F-].[F-].[F-].[Zn]. The largest absolute Gasteiger partial charge is 2.00 e. The Morgan fingerprint density at radius 1 is 0.667 bits per heavy atom. The van der Waals surface area contributed by atoms with Gasteiger partial charge in [0.05, 0.1) is 0 Å². The van der Waals surface area contributed by atoms with Crippen molar-refractivity contribution in [3.05, 3.63) is 0 Å². The molecule has 0 aromatic rings. The van der Waals surface area contributed by atoms with Crippen molar-refractivity contribution >= 4 is 0 Å². The maximum absolute atomic E-state index is 0. The van der Waals surface area contributed by atoms with E-state index in [1.165, 1.54) is 0 Å². The van der Waals surface area contributed by atoms with Gasteiger partial charge in [-0.15, -0.1) is 0 Å². The standard InChI is InChI=1S/Co.3FH.H2O.Zn/h;3*1H;1H2;/q+2;;;;;/p-3. The van der Waals surface area contributed by atoms with E-state index >= 15 is 0 Å². The molecule has 1 radical (unpaired) electrons. The molecule has 0 unspecified atom stereocenters. The molecule has 2 N–H and O–H groups in total. The van der Waals surface area contributed by atoms with Crippen molar-refractivity contribution in [1.29, 1.82) is 0 Å². The summed E-state index contributed by atoms with van der Waals surface area (Å²) in [7, 11) is 0. The molecule has 0 atom stereocenters. The maximum atomic E-state index is 0. The van der Waals surface area contributed by atoms with E-state index in [-0.39, 0.29) is 55.8 Å². The van der Waals surface area contributed by atoms with Crippen molar-refractivity contribution in [3.63, 3.8) is 0 Å². The van der Waals surface area contributed by atoms with Crippen LogP contribution < -0.4 is 14.1 Å². The summed E-state index contributed by atoms with van der Waals surface area (Å²) in [6.45, 7) is 0. The molecule has 0 aliphatic heterocycles. The first-order valence-electron chi connectivity index (χ1n) is 0. The number of hydrogen-bond donors (Lipinski definition) is 0. The van der Waals surface area contributed by atoms with E-state index < -0.39 is 0 Å². The Kier molecular flexibility index (Phi) is 9260. The fraction of sp³-hybridized carbons (Fsp3) is 0. The van der Waals surface area contributed by atoms with Gasteiger partial charge in [0.25, 0.3) is 0 Å². The first-order chi connectivity index (χ1) is 0. The molecule has 0 aromatic heterocycles. The molecule has 0 amide bonds. The van der Waals surface area contributed by atoms with E-state index in [2.05, 4.69) is 0 Å². The smallest absolute Gasteiger partial charge is 1.00 e. The minimum atomic E-state index is 0. The van der Waals surface area contributed by atoms with Crippen LogP contribution in [0.15, 0.2) is 0 Å². The molecule has 0 bridgehead atoms. The Balaban J connectivity index is 0. The van der Waals surface area contributed by atoms with Crippen molar-refractivity contribution < 1.29 is 55.8 Å². The van der Waals surface area contributed by atoms with Gasteiger partial charge in [0.1, 0.15) is 0 Å². The van der Waals surface area contributed by atoms with Crippen LogP contribution in [0.25, 0.3) is 0 Å². The van der Waals surface area contributed by atoms with Gasteiger partial charge in [-0.05, 0) is 0 Å². The molecule has 1 nitrogen and oxygen atoms in total. The quantitative estimate of drug-likeness (QED) is 0.347. The van der Waals surface area contributed by atoms with Gasteiger partial charge >= 0.3 is 16.8 Å². The summed E-state index contributed by atoms with van der Waals surface area (Å²) in [6.07, 6.45) is 0. The van der Waals surface area contributed by atoms with Gasteiger partial charge < -0.3 is 19.6 Å². The fourth-order valence-electron chi connectivity index (χ4n) is 0. The molecule has 0 rings (SSSR count). The predicted octanol–water partition coefficient (Wildman–Crippen LogP) is -9.82. The van der Waals surface area contributed by atoms with E-state index in [0.29, 0.717) is 0 Å². The summed E-state index contributed by atoms with van der Waals surface area (Å²) in [6, 6.07) is 0. The molecule has 0 aliphatic carbocycles. The Bertz CT molecular complexity index is 10.8. The molecule has 41 valence electrons. The van der Waals surface area contributed by atoms with Crippen LogP contribution in [0.5, 0.6) is 0 Å². The number of halogens is 3. The molecule has 0 aliphatic rings. The van der Waals surface area contributed by atoms with Crippen molar-refractivity contribution in [3.8, 4) is 0 Å². The van der Waals surface area contributed by atoms with Gasteiger partial charge in [-0.1, -0.05) is 0 Å². The first-order valence-corrected chi connectivity index (χ1v) is 0. The third kappa shape index (κ3) is 94.9. The fourth-order valence-corrected chi connectivity index (χ4v) is 0. The molecule has 6 heavy (non-hydrogen) atoms. The molecule has 0 saturated heterocycles. The van der Waals surface area contributed by atoms with Crippen LogP contribution in [-0.4, -0.2) is 5.48 Å². The van der Waals surface area contributed by atoms with Crippen LogP contribution in [0, 0.1) is 0 Å². The molecule has 0 saturated carbocycles. The second kappa shape index (κ2) is 181. The maximum Gasteiger partial charge on any atom is 2.00 e. The van der Waals surface area contributed by atoms with E-state index in [4.69, 9.17) is 0 Å². The Morgan fingerprint density at radius 3 is 0.667 bits per heavy atom. The second-order valence-corrected chi connectivity index (χ2v) is 0. The molecule has 0 spiro atoms. The van der Waals surface area contributed by atoms with Crippen LogP contribution in [-0.2, 0) is 36.3 Å². The molecular formula is H2CoF3OZn-. The van der Waals surface area contributed by atoms with Gasteiger partial charge in [-0.2, -0.15) is 0 Å². The minimum Gasteiger partial charge on any atom is -1.00 e. The van der Waals surface area contributed by atoms with Gasteiger partial charge in [-0.3, -0.25) is 0 Å². The monoisotopic (exact) mass is 198 g/mol. The van der Waals surface area contributed by atoms with Crippen LogP contribution in [0.2, 0.25) is 0 Å². The Labute approximate surface area is 56.2 Å². The van der Waals surface area contributed by atoms with E-state index in [9.17, 15) is 0 Å². The Morgan fingerprint density at radius 2 is 0.667 bits per heavy atom. The minimum absolute atomic E-state index is 0. The van der Waals surface area contributed by atoms with E-state index in [0.717, 1.165) is 0 Å². The zero-order valence-corrected chi connectivity index (χ0v) is 6.68. The van der Waals surface area contributed by atoms with Gasteiger partial charge in [0.15, 0.2) is 0 Å². The molecule has 0 fully saturated rings. The van der Waals surface area contributed by atoms with Crippen LogP contribution in [0.1, 0.15) is 0 Å². The van der Waals surface area contributed by atoms with Crippen molar-refractivity contribution in [2.75, 3.05) is 0 Å². The van der Waals surface area contributed by atoms with Crippen LogP contribution in [0.4, 0.5) is 0 Å². The normalized spacial score (nSPS) is 0. The van der Waals surface area contributed by atoms with E-state index in [1.54, 1.807) is 0 Å². The van der Waals surface area contributed by atoms with Crippen LogP contribution in [0.3, 0.4) is 0 Å². The molecule has 0 heterocycles. The average molecular weight is 199 g/mol. The molecular weight excluding hydrogens is 197 g/mol. The average Bonchev–Trinajstić information content (AvgIpc) is 0. The zero-order valence-electron chi connectivity index (χ0n) is 2.67. The topological polar surface area (TPSA) is 31.5 Å². The summed E-state index contributed by atoms with van der Waals surface area (Å²) >= 11 is 0. The van der Waals surface area contributed by atoms with Gasteiger partial charge in [0.2, 0.25) is 0 Å². The first kappa shape index (κ1) is 307. The predicted molar refractivity (Wildman–Crippen MR) is 3.61 cm³/mol. The summed E-state index contributed by atoms with van der Waals surface area (Å²) in [5, 5.41) is 0. The van der Waals surface area contributed by atoms with Gasteiger partial charge in [-0.25, -0.2) is 0 Å². The third-order valence-corrected chi connectivity index (χ3v) is 0. The van der Waals surface area contributed by atoms with Gasteiger partial charge in [0, 0.05) is 19.5 Å². The zero-order chi connectivity index (χ0) is 0. The van der Waals surface area contributed by atoms with Crippen molar-refractivity contribution in [1.82, 2.24) is 0 Å². The summed E-state index contributed by atoms with van der Waals surface area (Å²) in [4.78, 5) is 0. The molecule has 0 aromatic carbocycles. The van der Waals surface area contributed by atoms with Crippen LogP contribution >= 0.6 is 0 Å². The van der Waals surface area contributed by atoms with Crippen molar-refractivity contribution in [2.45, 2.75) is 0 Å². The second-order valence-electron chi connectivity index (χ2n) is 0.